The Hall–Kier alpha value is -3.06. The van der Waals surface area contributed by atoms with Crippen molar-refractivity contribution in [2.45, 2.75) is 0 Å². The van der Waals surface area contributed by atoms with Gasteiger partial charge < -0.3 is 15.0 Å². The van der Waals surface area contributed by atoms with Gasteiger partial charge in [0.05, 0.1) is 11.2 Å². The van der Waals surface area contributed by atoms with E-state index in [1.54, 1.807) is 0 Å². The van der Waals surface area contributed by atoms with Crippen LogP contribution in [0.5, 0.6) is 5.75 Å². The highest BCUT2D eigenvalue weighted by atomic mass is 16.5. The standard InChI is InChI=1S/C19H22N6O/c1-25(2)9-10-26-15-6-3-13(4-7-15)18-16-11-14(19-20-12-21-24-19)5-8-17(16)22-23-18/h3-8,11,21H,9-10,12H2,1-2H3,(H,20,24)(H,22,23). The van der Waals surface area contributed by atoms with Crippen molar-refractivity contribution >= 4 is 16.7 Å². The van der Waals surface area contributed by atoms with E-state index in [1.165, 1.54) is 0 Å². The van der Waals surface area contributed by atoms with Crippen molar-refractivity contribution in [3.8, 4) is 17.0 Å². The molecule has 26 heavy (non-hydrogen) atoms. The quantitative estimate of drug-likeness (QED) is 0.634. The Morgan fingerprint density at radius 2 is 1.88 bits per heavy atom. The lowest BCUT2D eigenvalue weighted by molar-refractivity contribution is 0.261. The predicted octanol–water partition coefficient (Wildman–Crippen LogP) is 1.98. The molecule has 7 nitrogen and oxygen atoms in total. The molecule has 2 heterocycles. The molecule has 0 aliphatic carbocycles. The Morgan fingerprint density at radius 1 is 1.08 bits per heavy atom. The molecule has 0 saturated carbocycles. The van der Waals surface area contributed by atoms with Crippen molar-refractivity contribution in [3.05, 3.63) is 48.0 Å². The van der Waals surface area contributed by atoms with Crippen LogP contribution in [0.4, 0.5) is 0 Å². The Balaban J connectivity index is 1.58. The number of aromatic amines is 1. The molecule has 1 aliphatic heterocycles. The second kappa shape index (κ2) is 7.05. The third-order valence-corrected chi connectivity index (χ3v) is 4.30. The fourth-order valence-electron chi connectivity index (χ4n) is 2.88. The first-order valence-electron chi connectivity index (χ1n) is 8.61. The molecule has 0 spiro atoms. The molecule has 2 aromatic carbocycles. The molecule has 0 fully saturated rings. The molecule has 3 N–H and O–H groups in total. The van der Waals surface area contributed by atoms with E-state index in [2.05, 4.69) is 37.0 Å². The topological polar surface area (TPSA) is 77.6 Å². The number of aromatic nitrogens is 2. The molecule has 134 valence electrons. The predicted molar refractivity (Wildman–Crippen MR) is 103 cm³/mol. The van der Waals surface area contributed by atoms with Crippen LogP contribution in [0.1, 0.15) is 5.56 Å². The van der Waals surface area contributed by atoms with Crippen molar-refractivity contribution in [2.75, 3.05) is 33.9 Å². The third-order valence-electron chi connectivity index (χ3n) is 4.30. The molecule has 3 aromatic rings. The van der Waals surface area contributed by atoms with Crippen molar-refractivity contribution in [2.24, 2.45) is 5.10 Å². The van der Waals surface area contributed by atoms with Gasteiger partial charge in [0.25, 0.3) is 0 Å². The van der Waals surface area contributed by atoms with Crippen molar-refractivity contribution in [1.82, 2.24) is 25.8 Å². The second-order valence-electron chi connectivity index (χ2n) is 6.48. The average molecular weight is 350 g/mol. The Labute approximate surface area is 152 Å². The van der Waals surface area contributed by atoms with E-state index in [4.69, 9.17) is 4.74 Å². The number of H-pyrrole nitrogens is 1. The number of likely N-dealkylation sites (N-methyl/N-ethyl adjacent to an activating group) is 1. The van der Waals surface area contributed by atoms with Crippen LogP contribution in [0, 0.1) is 0 Å². The molecule has 0 atom stereocenters. The van der Waals surface area contributed by atoms with E-state index in [9.17, 15) is 0 Å². The van der Waals surface area contributed by atoms with Crippen LogP contribution in [-0.4, -0.2) is 54.8 Å². The van der Waals surface area contributed by atoms with Crippen LogP contribution in [-0.2, 0) is 0 Å². The van der Waals surface area contributed by atoms with E-state index >= 15 is 0 Å². The number of ether oxygens (including phenoxy) is 1. The van der Waals surface area contributed by atoms with Crippen molar-refractivity contribution < 1.29 is 4.74 Å². The minimum Gasteiger partial charge on any atom is -0.492 e. The van der Waals surface area contributed by atoms with Gasteiger partial charge in [-0.15, -0.1) is 0 Å². The molecule has 1 aliphatic rings. The van der Waals surface area contributed by atoms with Crippen LogP contribution in [0.25, 0.3) is 22.2 Å². The number of fused-ring (bicyclic) bond motifs is 1. The van der Waals surface area contributed by atoms with Crippen LogP contribution in [0.15, 0.2) is 47.6 Å². The number of hydrazone groups is 1. The fourth-order valence-corrected chi connectivity index (χ4v) is 2.88. The first-order valence-corrected chi connectivity index (χ1v) is 8.61. The van der Waals surface area contributed by atoms with Gasteiger partial charge in [0.15, 0.2) is 5.84 Å². The lowest BCUT2D eigenvalue weighted by Gasteiger charge is -2.11. The second-order valence-corrected chi connectivity index (χ2v) is 6.48. The zero-order valence-electron chi connectivity index (χ0n) is 14.9. The highest BCUT2D eigenvalue weighted by Crippen LogP contribution is 2.28. The molecule has 0 amide bonds. The summed E-state index contributed by atoms with van der Waals surface area (Å²) in [5, 5.41) is 16.1. The number of benzene rings is 2. The summed E-state index contributed by atoms with van der Waals surface area (Å²) >= 11 is 0. The molecule has 7 heteroatoms. The zero-order chi connectivity index (χ0) is 17.9. The summed E-state index contributed by atoms with van der Waals surface area (Å²) in [5.41, 5.74) is 6.94. The number of rotatable bonds is 6. The Bertz CT molecular complexity index is 929. The molecule has 0 unspecified atom stereocenters. The molecule has 1 aromatic heterocycles. The lowest BCUT2D eigenvalue weighted by atomic mass is 10.0. The average Bonchev–Trinajstić information content (AvgIpc) is 3.31. The lowest BCUT2D eigenvalue weighted by Crippen LogP contribution is -2.21. The van der Waals surface area contributed by atoms with Crippen LogP contribution in [0.2, 0.25) is 0 Å². The number of amidine groups is 1. The summed E-state index contributed by atoms with van der Waals surface area (Å²) in [6.07, 6.45) is 0. The minimum atomic E-state index is 0.654. The Kier molecular flexibility index (Phi) is 4.45. The minimum absolute atomic E-state index is 0.654. The first kappa shape index (κ1) is 16.4. The number of nitrogens with zero attached hydrogens (tertiary/aromatic N) is 3. The summed E-state index contributed by atoms with van der Waals surface area (Å²) in [7, 11) is 4.07. The highest BCUT2D eigenvalue weighted by molar-refractivity contribution is 6.04. The maximum absolute atomic E-state index is 5.76. The third kappa shape index (κ3) is 3.34. The van der Waals surface area contributed by atoms with Gasteiger partial charge in [0, 0.05) is 23.1 Å². The molecule has 0 radical (unpaired) electrons. The van der Waals surface area contributed by atoms with Gasteiger partial charge in [0.1, 0.15) is 19.0 Å². The van der Waals surface area contributed by atoms with Gasteiger partial charge >= 0.3 is 0 Å². The fraction of sp³-hybridized carbons (Fsp3) is 0.263. The van der Waals surface area contributed by atoms with Crippen molar-refractivity contribution in [1.29, 1.82) is 0 Å². The maximum atomic E-state index is 5.76. The molecular formula is C19H22N6O. The molecule has 0 saturated heterocycles. The number of hydrogen-bond donors (Lipinski definition) is 3. The zero-order valence-corrected chi connectivity index (χ0v) is 14.9. The highest BCUT2D eigenvalue weighted by Gasteiger charge is 2.13. The van der Waals surface area contributed by atoms with E-state index in [0.717, 1.165) is 45.9 Å². The first-order chi connectivity index (χ1) is 12.7. The van der Waals surface area contributed by atoms with Crippen LogP contribution >= 0.6 is 0 Å². The van der Waals surface area contributed by atoms with Crippen molar-refractivity contribution in [3.63, 3.8) is 0 Å². The van der Waals surface area contributed by atoms with Gasteiger partial charge in [-0.25, -0.2) is 0 Å². The molecule has 4 rings (SSSR count). The van der Waals surface area contributed by atoms with Crippen LogP contribution < -0.4 is 15.5 Å². The van der Waals surface area contributed by atoms with E-state index in [-0.39, 0.29) is 0 Å². The van der Waals surface area contributed by atoms with Gasteiger partial charge in [-0.2, -0.15) is 10.2 Å². The summed E-state index contributed by atoms with van der Waals surface area (Å²) < 4.78 is 5.76. The van der Waals surface area contributed by atoms with Gasteiger partial charge in [0.2, 0.25) is 0 Å². The SMILES string of the molecule is CN(C)CCOc1ccc(-c2n[nH]c3ccc(C4=NNCN4)cc23)cc1. The number of nitrogens with one attached hydrogen (secondary N) is 3. The van der Waals surface area contributed by atoms with Crippen LogP contribution in [0.3, 0.4) is 0 Å². The van der Waals surface area contributed by atoms with Gasteiger partial charge in [-0.3, -0.25) is 10.5 Å². The van der Waals surface area contributed by atoms with E-state index in [0.29, 0.717) is 13.3 Å². The van der Waals surface area contributed by atoms with Gasteiger partial charge in [-0.05, 0) is 56.6 Å². The van der Waals surface area contributed by atoms with Gasteiger partial charge in [-0.1, -0.05) is 0 Å². The largest absolute Gasteiger partial charge is 0.492 e. The number of hydrogen-bond acceptors (Lipinski definition) is 6. The molecular weight excluding hydrogens is 328 g/mol. The van der Waals surface area contributed by atoms with E-state index in [1.807, 2.05) is 50.5 Å². The summed E-state index contributed by atoms with van der Waals surface area (Å²) in [5.74, 6) is 1.72. The molecule has 0 bridgehead atoms. The normalized spacial score (nSPS) is 13.6. The maximum Gasteiger partial charge on any atom is 0.154 e. The van der Waals surface area contributed by atoms with E-state index < -0.39 is 0 Å². The summed E-state index contributed by atoms with van der Waals surface area (Å²) in [4.78, 5) is 2.10. The smallest absolute Gasteiger partial charge is 0.154 e. The Morgan fingerprint density at radius 3 is 2.62 bits per heavy atom. The summed E-state index contributed by atoms with van der Waals surface area (Å²) in [6.45, 7) is 2.21. The monoisotopic (exact) mass is 350 g/mol. The summed E-state index contributed by atoms with van der Waals surface area (Å²) in [6, 6.07) is 14.2.